The van der Waals surface area contributed by atoms with E-state index in [4.69, 9.17) is 4.74 Å². The highest BCUT2D eigenvalue weighted by Gasteiger charge is 2.11. The maximum atomic E-state index is 13.7. The highest BCUT2D eigenvalue weighted by Crippen LogP contribution is 2.18. The van der Waals surface area contributed by atoms with Crippen LogP contribution in [0.4, 0.5) is 8.78 Å². The summed E-state index contributed by atoms with van der Waals surface area (Å²) in [5.41, 5.74) is 2.68. The zero-order valence-electron chi connectivity index (χ0n) is 12.2. The smallest absolute Gasteiger partial charge is 0.130 e. The summed E-state index contributed by atoms with van der Waals surface area (Å²) in [6.07, 6.45) is 0. The van der Waals surface area contributed by atoms with Gasteiger partial charge in [0.05, 0.1) is 6.61 Å². The molecule has 2 aromatic carbocycles. The van der Waals surface area contributed by atoms with Crippen molar-refractivity contribution in [2.75, 3.05) is 7.11 Å². The van der Waals surface area contributed by atoms with Crippen LogP contribution in [0.5, 0.6) is 0 Å². The summed E-state index contributed by atoms with van der Waals surface area (Å²) in [5.74, 6) is -1.08. The molecule has 4 heteroatoms. The third-order valence-corrected chi connectivity index (χ3v) is 3.38. The second kappa shape index (κ2) is 7.29. The molecule has 1 unspecified atom stereocenters. The van der Waals surface area contributed by atoms with E-state index in [1.807, 2.05) is 31.2 Å². The van der Waals surface area contributed by atoms with E-state index in [-0.39, 0.29) is 6.04 Å². The van der Waals surface area contributed by atoms with Crippen LogP contribution in [-0.2, 0) is 17.9 Å². The van der Waals surface area contributed by atoms with Crippen molar-refractivity contribution in [3.63, 3.8) is 0 Å². The molecular formula is C17H19F2NO. The third-order valence-electron chi connectivity index (χ3n) is 3.38. The lowest BCUT2D eigenvalue weighted by atomic mass is 10.1. The van der Waals surface area contributed by atoms with Crippen molar-refractivity contribution in [1.82, 2.24) is 5.32 Å². The minimum Gasteiger partial charge on any atom is -0.380 e. The molecule has 0 radical (unpaired) electrons. The van der Waals surface area contributed by atoms with Crippen molar-refractivity contribution in [2.45, 2.75) is 26.1 Å². The van der Waals surface area contributed by atoms with Gasteiger partial charge < -0.3 is 10.1 Å². The Morgan fingerprint density at radius 1 is 1.05 bits per heavy atom. The van der Waals surface area contributed by atoms with Crippen molar-refractivity contribution >= 4 is 0 Å². The Hall–Kier alpha value is -1.78. The first-order valence-corrected chi connectivity index (χ1v) is 6.85. The predicted molar refractivity (Wildman–Crippen MR) is 78.8 cm³/mol. The first kappa shape index (κ1) is 15.6. The van der Waals surface area contributed by atoms with Crippen LogP contribution in [0.15, 0.2) is 42.5 Å². The van der Waals surface area contributed by atoms with Crippen molar-refractivity contribution in [2.24, 2.45) is 0 Å². The van der Waals surface area contributed by atoms with Crippen molar-refractivity contribution in [1.29, 1.82) is 0 Å². The Labute approximate surface area is 123 Å². The predicted octanol–water partition coefficient (Wildman–Crippen LogP) is 3.96. The van der Waals surface area contributed by atoms with Crippen LogP contribution in [0.1, 0.15) is 29.7 Å². The van der Waals surface area contributed by atoms with Crippen LogP contribution < -0.4 is 5.32 Å². The standard InChI is InChI=1S/C17H19F2NO/c1-12(16-8-7-15(18)9-17(16)19)20-10-13-3-5-14(6-4-13)11-21-2/h3-9,12,20H,10-11H2,1-2H3. The van der Waals surface area contributed by atoms with Gasteiger partial charge in [-0.15, -0.1) is 0 Å². The van der Waals surface area contributed by atoms with Gasteiger partial charge in [-0.25, -0.2) is 8.78 Å². The minimum atomic E-state index is -0.558. The molecule has 0 aliphatic heterocycles. The van der Waals surface area contributed by atoms with E-state index in [2.05, 4.69) is 5.32 Å². The molecule has 0 aromatic heterocycles. The van der Waals surface area contributed by atoms with Crippen LogP contribution in [0.25, 0.3) is 0 Å². The van der Waals surface area contributed by atoms with Gasteiger partial charge in [-0.1, -0.05) is 30.3 Å². The van der Waals surface area contributed by atoms with Crippen molar-refractivity contribution in [3.05, 3.63) is 70.8 Å². The summed E-state index contributed by atoms with van der Waals surface area (Å²) in [7, 11) is 1.66. The lowest BCUT2D eigenvalue weighted by Crippen LogP contribution is -2.19. The molecule has 0 saturated heterocycles. The number of hydrogen-bond donors (Lipinski definition) is 1. The molecule has 112 valence electrons. The number of ether oxygens (including phenoxy) is 1. The Bertz CT molecular complexity index is 584. The molecule has 0 fully saturated rings. The summed E-state index contributed by atoms with van der Waals surface area (Å²) in [6, 6.07) is 11.5. The quantitative estimate of drug-likeness (QED) is 0.869. The number of hydrogen-bond acceptors (Lipinski definition) is 2. The highest BCUT2D eigenvalue weighted by molar-refractivity contribution is 5.24. The number of benzene rings is 2. The van der Waals surface area contributed by atoms with Crippen LogP contribution in [-0.4, -0.2) is 7.11 Å². The number of rotatable bonds is 6. The van der Waals surface area contributed by atoms with E-state index < -0.39 is 11.6 Å². The Morgan fingerprint density at radius 2 is 1.71 bits per heavy atom. The summed E-state index contributed by atoms with van der Waals surface area (Å²) in [5, 5.41) is 3.23. The molecule has 2 aromatic rings. The lowest BCUT2D eigenvalue weighted by Gasteiger charge is -2.15. The van der Waals surface area contributed by atoms with Crippen molar-refractivity contribution in [3.8, 4) is 0 Å². The van der Waals surface area contributed by atoms with Gasteiger partial charge in [0.15, 0.2) is 0 Å². The SMILES string of the molecule is COCc1ccc(CNC(C)c2ccc(F)cc2F)cc1. The number of methoxy groups -OCH3 is 1. The average molecular weight is 291 g/mol. The number of nitrogens with one attached hydrogen (secondary N) is 1. The van der Waals surface area contributed by atoms with Gasteiger partial charge in [-0.2, -0.15) is 0 Å². The molecule has 0 heterocycles. The molecule has 1 N–H and O–H groups in total. The van der Waals surface area contributed by atoms with Gasteiger partial charge >= 0.3 is 0 Å². The Balaban J connectivity index is 1.95. The molecule has 0 amide bonds. The summed E-state index contributed by atoms with van der Waals surface area (Å²) < 4.78 is 31.6. The maximum Gasteiger partial charge on any atom is 0.130 e. The fourth-order valence-electron chi connectivity index (χ4n) is 2.15. The van der Waals surface area contributed by atoms with E-state index >= 15 is 0 Å². The fraction of sp³-hybridized carbons (Fsp3) is 0.294. The maximum absolute atomic E-state index is 13.7. The van der Waals surface area contributed by atoms with Crippen LogP contribution >= 0.6 is 0 Å². The van der Waals surface area contributed by atoms with Gasteiger partial charge in [-0.05, 0) is 24.1 Å². The first-order valence-electron chi connectivity index (χ1n) is 6.85. The minimum absolute atomic E-state index is 0.191. The van der Waals surface area contributed by atoms with Gasteiger partial charge in [-0.3, -0.25) is 0 Å². The number of halogens is 2. The van der Waals surface area contributed by atoms with Crippen molar-refractivity contribution < 1.29 is 13.5 Å². The van der Waals surface area contributed by atoms with Gasteiger partial charge in [0.1, 0.15) is 11.6 Å². The van der Waals surface area contributed by atoms with E-state index in [0.717, 1.165) is 17.2 Å². The fourth-order valence-corrected chi connectivity index (χ4v) is 2.15. The van der Waals surface area contributed by atoms with Crippen LogP contribution in [0.2, 0.25) is 0 Å². The van der Waals surface area contributed by atoms with Crippen LogP contribution in [0, 0.1) is 11.6 Å². The summed E-state index contributed by atoms with van der Waals surface area (Å²) in [6.45, 7) is 3.06. The highest BCUT2D eigenvalue weighted by atomic mass is 19.1. The third kappa shape index (κ3) is 4.34. The largest absolute Gasteiger partial charge is 0.380 e. The van der Waals surface area contributed by atoms with Crippen LogP contribution in [0.3, 0.4) is 0 Å². The second-order valence-corrected chi connectivity index (χ2v) is 5.02. The van der Waals surface area contributed by atoms with Gasteiger partial charge in [0.2, 0.25) is 0 Å². The summed E-state index contributed by atoms with van der Waals surface area (Å²) in [4.78, 5) is 0. The molecule has 0 bridgehead atoms. The molecule has 0 spiro atoms. The summed E-state index contributed by atoms with van der Waals surface area (Å²) >= 11 is 0. The Morgan fingerprint density at radius 3 is 2.33 bits per heavy atom. The molecule has 2 nitrogen and oxygen atoms in total. The molecule has 0 saturated carbocycles. The average Bonchev–Trinajstić information content (AvgIpc) is 2.46. The van der Waals surface area contributed by atoms with E-state index in [9.17, 15) is 8.78 Å². The van der Waals surface area contributed by atoms with Gasteiger partial charge in [0, 0.05) is 31.3 Å². The molecule has 2 rings (SSSR count). The van der Waals surface area contributed by atoms with Gasteiger partial charge in [0.25, 0.3) is 0 Å². The zero-order valence-corrected chi connectivity index (χ0v) is 12.2. The van der Waals surface area contributed by atoms with E-state index in [0.29, 0.717) is 18.7 Å². The van der Waals surface area contributed by atoms with E-state index in [1.165, 1.54) is 12.1 Å². The monoisotopic (exact) mass is 291 g/mol. The molecule has 0 aliphatic carbocycles. The Kier molecular flexibility index (Phi) is 5.42. The molecule has 0 aliphatic rings. The second-order valence-electron chi connectivity index (χ2n) is 5.02. The lowest BCUT2D eigenvalue weighted by molar-refractivity contribution is 0.185. The normalized spacial score (nSPS) is 12.4. The van der Waals surface area contributed by atoms with E-state index in [1.54, 1.807) is 7.11 Å². The zero-order chi connectivity index (χ0) is 15.2. The first-order chi connectivity index (χ1) is 10.1. The molecule has 1 atom stereocenters. The topological polar surface area (TPSA) is 21.3 Å². The molecule has 21 heavy (non-hydrogen) atoms. The molecular weight excluding hydrogens is 272 g/mol.